The fourth-order valence-corrected chi connectivity index (χ4v) is 1.86. The van der Waals surface area contributed by atoms with E-state index in [2.05, 4.69) is 21.2 Å². The van der Waals surface area contributed by atoms with Crippen LogP contribution in [-0.2, 0) is 4.79 Å². The number of carbonyl (C=O) groups excluding carboxylic acids is 1. The van der Waals surface area contributed by atoms with Crippen molar-refractivity contribution in [3.8, 4) is 5.75 Å². The average Bonchev–Trinajstić information content (AvgIpc) is 2.42. The summed E-state index contributed by atoms with van der Waals surface area (Å²) in [5.74, 6) is -0.495. The number of amides is 1. The SMILES string of the molecule is Nc1ccc(NC(=O)COc2cc(F)ccc2Br)cc1. The summed E-state index contributed by atoms with van der Waals surface area (Å²) in [5.41, 5.74) is 6.78. The Bertz CT molecular complexity index is 617. The van der Waals surface area contributed by atoms with Crippen molar-refractivity contribution in [3.63, 3.8) is 0 Å². The van der Waals surface area contributed by atoms with Crippen molar-refractivity contribution in [1.29, 1.82) is 0 Å². The Morgan fingerprint density at radius 1 is 1.25 bits per heavy atom. The molecule has 4 nitrogen and oxygen atoms in total. The summed E-state index contributed by atoms with van der Waals surface area (Å²) in [6.45, 7) is -0.216. The van der Waals surface area contributed by atoms with Crippen molar-refractivity contribution in [3.05, 3.63) is 52.8 Å². The maximum atomic E-state index is 13.0. The molecule has 0 aliphatic heterocycles. The number of anilines is 2. The molecular formula is C14H12BrFN2O2. The van der Waals surface area contributed by atoms with E-state index in [1.165, 1.54) is 18.2 Å². The molecule has 0 spiro atoms. The summed E-state index contributed by atoms with van der Waals surface area (Å²) < 4.78 is 18.9. The molecule has 0 aliphatic rings. The molecule has 2 aromatic carbocycles. The second kappa shape index (κ2) is 6.38. The number of halogens is 2. The Kier molecular flexibility index (Phi) is 4.57. The van der Waals surface area contributed by atoms with Gasteiger partial charge in [0.15, 0.2) is 6.61 Å². The lowest BCUT2D eigenvalue weighted by Crippen LogP contribution is -2.20. The summed E-state index contributed by atoms with van der Waals surface area (Å²) in [6.07, 6.45) is 0. The molecule has 0 saturated heterocycles. The van der Waals surface area contributed by atoms with Gasteiger partial charge in [-0.25, -0.2) is 4.39 Å². The van der Waals surface area contributed by atoms with Gasteiger partial charge in [0.25, 0.3) is 5.91 Å². The number of benzene rings is 2. The molecule has 0 aromatic heterocycles. The van der Waals surface area contributed by atoms with Crippen LogP contribution in [0.5, 0.6) is 5.75 Å². The van der Waals surface area contributed by atoms with Crippen molar-refractivity contribution < 1.29 is 13.9 Å². The molecule has 0 unspecified atom stereocenters. The Balaban J connectivity index is 1.92. The second-order valence-electron chi connectivity index (χ2n) is 4.03. The molecular weight excluding hydrogens is 327 g/mol. The number of rotatable bonds is 4. The molecule has 104 valence electrons. The van der Waals surface area contributed by atoms with E-state index in [0.717, 1.165) is 0 Å². The molecule has 6 heteroatoms. The smallest absolute Gasteiger partial charge is 0.262 e. The average molecular weight is 339 g/mol. The van der Waals surface area contributed by atoms with E-state index in [0.29, 0.717) is 15.8 Å². The minimum absolute atomic E-state index is 0.216. The first-order valence-corrected chi connectivity index (χ1v) is 6.57. The zero-order valence-corrected chi connectivity index (χ0v) is 12.0. The second-order valence-corrected chi connectivity index (χ2v) is 4.89. The van der Waals surface area contributed by atoms with Crippen molar-refractivity contribution >= 4 is 33.2 Å². The van der Waals surface area contributed by atoms with Crippen LogP contribution in [0.1, 0.15) is 0 Å². The number of nitrogens with one attached hydrogen (secondary N) is 1. The van der Waals surface area contributed by atoms with Crippen LogP contribution in [0.4, 0.5) is 15.8 Å². The highest BCUT2D eigenvalue weighted by atomic mass is 79.9. The van der Waals surface area contributed by atoms with Gasteiger partial charge in [0.1, 0.15) is 11.6 Å². The van der Waals surface area contributed by atoms with Gasteiger partial charge in [-0.1, -0.05) is 0 Å². The number of hydrogen-bond donors (Lipinski definition) is 2. The molecule has 3 N–H and O–H groups in total. The number of carbonyl (C=O) groups is 1. The highest BCUT2D eigenvalue weighted by molar-refractivity contribution is 9.10. The molecule has 0 atom stereocenters. The molecule has 2 aromatic rings. The van der Waals surface area contributed by atoms with Crippen LogP contribution in [0.3, 0.4) is 0 Å². The van der Waals surface area contributed by atoms with Crippen LogP contribution in [0, 0.1) is 5.82 Å². The number of nitrogens with two attached hydrogens (primary N) is 1. The Morgan fingerprint density at radius 2 is 1.95 bits per heavy atom. The Morgan fingerprint density at radius 3 is 2.65 bits per heavy atom. The summed E-state index contributed by atoms with van der Waals surface area (Å²) in [7, 11) is 0. The van der Waals surface area contributed by atoms with Crippen LogP contribution in [0.2, 0.25) is 0 Å². The van der Waals surface area contributed by atoms with E-state index in [1.807, 2.05) is 0 Å². The first-order valence-electron chi connectivity index (χ1n) is 5.78. The predicted molar refractivity (Wildman–Crippen MR) is 79.1 cm³/mol. The van der Waals surface area contributed by atoms with Crippen molar-refractivity contribution in [2.45, 2.75) is 0 Å². The normalized spacial score (nSPS) is 10.1. The first-order chi connectivity index (χ1) is 9.54. The minimum Gasteiger partial charge on any atom is -0.482 e. The summed E-state index contributed by atoms with van der Waals surface area (Å²) in [6, 6.07) is 10.8. The molecule has 1 amide bonds. The van der Waals surface area contributed by atoms with Crippen LogP contribution >= 0.6 is 15.9 Å². The number of ether oxygens (including phenoxy) is 1. The van der Waals surface area contributed by atoms with Gasteiger partial charge in [-0.05, 0) is 52.3 Å². The van der Waals surface area contributed by atoms with E-state index in [1.54, 1.807) is 24.3 Å². The standard InChI is InChI=1S/C14H12BrFN2O2/c15-12-6-1-9(16)7-13(12)20-8-14(19)18-11-4-2-10(17)3-5-11/h1-7H,8,17H2,(H,18,19). The van der Waals surface area contributed by atoms with Crippen LogP contribution in [-0.4, -0.2) is 12.5 Å². The lowest BCUT2D eigenvalue weighted by molar-refractivity contribution is -0.118. The van der Waals surface area contributed by atoms with Gasteiger partial charge < -0.3 is 15.8 Å². The molecule has 0 radical (unpaired) electrons. The monoisotopic (exact) mass is 338 g/mol. The summed E-state index contributed by atoms with van der Waals surface area (Å²) in [5, 5.41) is 2.64. The zero-order chi connectivity index (χ0) is 14.5. The van der Waals surface area contributed by atoms with Crippen molar-refractivity contribution in [2.24, 2.45) is 0 Å². The molecule has 0 heterocycles. The first kappa shape index (κ1) is 14.3. The molecule has 0 aliphatic carbocycles. The molecule has 0 fully saturated rings. The minimum atomic E-state index is -0.429. The third-order valence-electron chi connectivity index (χ3n) is 2.45. The maximum Gasteiger partial charge on any atom is 0.262 e. The van der Waals surface area contributed by atoms with Gasteiger partial charge in [-0.2, -0.15) is 0 Å². The third kappa shape index (κ3) is 3.96. The van der Waals surface area contributed by atoms with E-state index in [9.17, 15) is 9.18 Å². The Hall–Kier alpha value is -2.08. The van der Waals surface area contributed by atoms with Crippen LogP contribution in [0.25, 0.3) is 0 Å². The summed E-state index contributed by atoms with van der Waals surface area (Å²) >= 11 is 3.22. The number of hydrogen-bond acceptors (Lipinski definition) is 3. The third-order valence-corrected chi connectivity index (χ3v) is 3.10. The van der Waals surface area contributed by atoms with Crippen molar-refractivity contribution in [2.75, 3.05) is 17.7 Å². The fourth-order valence-electron chi connectivity index (χ4n) is 1.49. The van der Waals surface area contributed by atoms with Crippen LogP contribution in [0.15, 0.2) is 46.9 Å². The van der Waals surface area contributed by atoms with E-state index >= 15 is 0 Å². The van der Waals surface area contributed by atoms with E-state index < -0.39 is 5.82 Å². The molecule has 0 saturated carbocycles. The molecule has 2 rings (SSSR count). The van der Waals surface area contributed by atoms with Gasteiger partial charge in [-0.3, -0.25) is 4.79 Å². The van der Waals surface area contributed by atoms with Crippen molar-refractivity contribution in [1.82, 2.24) is 0 Å². The van der Waals surface area contributed by atoms with Gasteiger partial charge in [-0.15, -0.1) is 0 Å². The summed E-state index contributed by atoms with van der Waals surface area (Å²) in [4.78, 5) is 11.7. The van der Waals surface area contributed by atoms with E-state index in [-0.39, 0.29) is 18.3 Å². The number of nitrogen functional groups attached to an aromatic ring is 1. The quantitative estimate of drug-likeness (QED) is 0.841. The molecule has 20 heavy (non-hydrogen) atoms. The van der Waals surface area contributed by atoms with E-state index in [4.69, 9.17) is 10.5 Å². The van der Waals surface area contributed by atoms with Crippen LogP contribution < -0.4 is 15.8 Å². The zero-order valence-electron chi connectivity index (χ0n) is 10.4. The van der Waals surface area contributed by atoms with Gasteiger partial charge in [0.05, 0.1) is 4.47 Å². The molecule has 0 bridgehead atoms. The van der Waals surface area contributed by atoms with Gasteiger partial charge >= 0.3 is 0 Å². The lowest BCUT2D eigenvalue weighted by Gasteiger charge is -2.09. The topological polar surface area (TPSA) is 64.3 Å². The fraction of sp³-hybridized carbons (Fsp3) is 0.0714. The highest BCUT2D eigenvalue weighted by Crippen LogP contribution is 2.25. The lowest BCUT2D eigenvalue weighted by atomic mass is 10.3. The van der Waals surface area contributed by atoms with Gasteiger partial charge in [0.2, 0.25) is 0 Å². The maximum absolute atomic E-state index is 13.0. The predicted octanol–water partition coefficient (Wildman–Crippen LogP) is 3.19. The Labute approximate surface area is 123 Å². The highest BCUT2D eigenvalue weighted by Gasteiger charge is 2.07. The van der Waals surface area contributed by atoms with Gasteiger partial charge in [0, 0.05) is 17.4 Å². The largest absolute Gasteiger partial charge is 0.482 e.